The van der Waals surface area contributed by atoms with Gasteiger partial charge in [0.25, 0.3) is 0 Å². The number of ether oxygens (including phenoxy) is 2. The van der Waals surface area contributed by atoms with E-state index in [1.165, 1.54) is 57.9 Å². The summed E-state index contributed by atoms with van der Waals surface area (Å²) < 4.78 is 11.1. The van der Waals surface area contributed by atoms with Crippen LogP contribution in [0, 0.1) is 0 Å². The van der Waals surface area contributed by atoms with Crippen LogP contribution < -0.4 is 9.64 Å². The van der Waals surface area contributed by atoms with Gasteiger partial charge in [-0.05, 0) is 81.3 Å². The van der Waals surface area contributed by atoms with Crippen molar-refractivity contribution in [3.63, 3.8) is 0 Å². The van der Waals surface area contributed by atoms with Gasteiger partial charge in [-0.15, -0.1) is 0 Å². The molecule has 0 aromatic heterocycles. The Hall–Kier alpha value is -2.86. The maximum Gasteiger partial charge on any atom is 0.343 e. The van der Waals surface area contributed by atoms with Crippen molar-refractivity contribution in [3.8, 4) is 5.75 Å². The van der Waals surface area contributed by atoms with Crippen molar-refractivity contribution in [1.29, 1.82) is 0 Å². The highest BCUT2D eigenvalue weighted by molar-refractivity contribution is 5.92. The number of carbonyl (C=O) groups is 2. The number of unbranched alkanes of at least 4 members (excludes halogenated alkanes) is 8. The van der Waals surface area contributed by atoms with Crippen LogP contribution in [0.3, 0.4) is 0 Å². The zero-order valence-corrected chi connectivity index (χ0v) is 25.0. The molecule has 0 amide bonds. The van der Waals surface area contributed by atoms with E-state index in [-0.39, 0.29) is 12.1 Å². The second-order valence-corrected chi connectivity index (χ2v) is 11.1. The van der Waals surface area contributed by atoms with E-state index in [0.29, 0.717) is 16.9 Å². The smallest absolute Gasteiger partial charge is 0.343 e. The molecule has 1 heterocycles. The lowest BCUT2D eigenvalue weighted by atomic mass is 10.1. The van der Waals surface area contributed by atoms with Crippen LogP contribution in [0.4, 0.5) is 5.69 Å². The molecule has 0 radical (unpaired) electrons. The Morgan fingerprint density at radius 1 is 0.700 bits per heavy atom. The highest BCUT2D eigenvalue weighted by Gasteiger charge is 2.18. The molecule has 2 aromatic carbocycles. The third kappa shape index (κ3) is 11.0. The number of benzene rings is 2. The minimum Gasteiger partial charge on any atom is -0.459 e. The quantitative estimate of drug-likeness (QED) is 0.113. The Morgan fingerprint density at radius 3 is 1.90 bits per heavy atom. The summed E-state index contributed by atoms with van der Waals surface area (Å²) in [5.41, 5.74) is 2.10. The van der Waals surface area contributed by atoms with Gasteiger partial charge in [-0.2, -0.15) is 0 Å². The standard InChI is InChI=1S/C34H50N2O4/c1-4-6-8-10-11-13-23-35-24-26-36(27-25-35)31-19-15-29(16-20-31)34(38)40-32-21-17-30(18-22-32)33(37)39-28(3)14-12-9-7-5-2/h15-22,28H,4-14,23-27H2,1-3H3/t28-/m1/s1. The molecule has 1 fully saturated rings. The van der Waals surface area contributed by atoms with Gasteiger partial charge < -0.3 is 14.4 Å². The van der Waals surface area contributed by atoms with Gasteiger partial charge in [-0.25, -0.2) is 9.59 Å². The van der Waals surface area contributed by atoms with E-state index in [1.807, 2.05) is 31.2 Å². The average molecular weight is 551 g/mol. The van der Waals surface area contributed by atoms with Crippen LogP contribution in [0.1, 0.15) is 112 Å². The summed E-state index contributed by atoms with van der Waals surface area (Å²) in [4.78, 5) is 30.1. The number of rotatable bonds is 17. The number of esters is 2. The fraction of sp³-hybridized carbons (Fsp3) is 0.588. The molecule has 1 saturated heterocycles. The summed E-state index contributed by atoms with van der Waals surface area (Å²) in [7, 11) is 0. The minimum absolute atomic E-state index is 0.112. The number of anilines is 1. The molecular formula is C34H50N2O4. The third-order valence-corrected chi connectivity index (χ3v) is 7.74. The summed E-state index contributed by atoms with van der Waals surface area (Å²) in [6.45, 7) is 11.8. The first-order valence-corrected chi connectivity index (χ1v) is 15.6. The largest absolute Gasteiger partial charge is 0.459 e. The van der Waals surface area contributed by atoms with E-state index in [1.54, 1.807) is 24.3 Å². The topological polar surface area (TPSA) is 59.1 Å². The average Bonchev–Trinajstić information content (AvgIpc) is 2.98. The molecule has 0 N–H and O–H groups in total. The van der Waals surface area contributed by atoms with Crippen molar-refractivity contribution in [3.05, 3.63) is 59.7 Å². The van der Waals surface area contributed by atoms with Crippen molar-refractivity contribution in [1.82, 2.24) is 4.90 Å². The van der Waals surface area contributed by atoms with Crippen LogP contribution in [-0.2, 0) is 4.74 Å². The fourth-order valence-electron chi connectivity index (χ4n) is 5.15. The molecule has 1 aliphatic heterocycles. The zero-order valence-electron chi connectivity index (χ0n) is 25.0. The summed E-state index contributed by atoms with van der Waals surface area (Å²) in [5.74, 6) is -0.356. The molecule has 2 aromatic rings. The van der Waals surface area contributed by atoms with Gasteiger partial charge in [0.15, 0.2) is 0 Å². The first-order valence-electron chi connectivity index (χ1n) is 15.6. The first kappa shape index (κ1) is 31.7. The molecule has 0 unspecified atom stereocenters. The van der Waals surface area contributed by atoms with Gasteiger partial charge in [0.1, 0.15) is 5.75 Å². The second-order valence-electron chi connectivity index (χ2n) is 11.1. The molecule has 40 heavy (non-hydrogen) atoms. The van der Waals surface area contributed by atoms with Gasteiger partial charge in [0, 0.05) is 31.9 Å². The Bertz CT molecular complexity index is 998. The lowest BCUT2D eigenvalue weighted by Crippen LogP contribution is -2.46. The van der Waals surface area contributed by atoms with Crippen molar-refractivity contribution in [2.45, 2.75) is 97.5 Å². The summed E-state index contributed by atoms with van der Waals surface area (Å²) in [6.07, 6.45) is 13.4. The predicted octanol–water partition coefficient (Wildman–Crippen LogP) is 7.90. The number of piperazine rings is 1. The number of hydrogen-bond donors (Lipinski definition) is 0. The molecule has 3 rings (SSSR count). The Kier molecular flexibility index (Phi) is 14.1. The van der Waals surface area contributed by atoms with Crippen LogP contribution in [0.2, 0.25) is 0 Å². The highest BCUT2D eigenvalue weighted by atomic mass is 16.5. The van der Waals surface area contributed by atoms with Crippen LogP contribution >= 0.6 is 0 Å². The lowest BCUT2D eigenvalue weighted by molar-refractivity contribution is 0.0319. The second kappa shape index (κ2) is 17.8. The Balaban J connectivity index is 1.39. The number of hydrogen-bond acceptors (Lipinski definition) is 6. The van der Waals surface area contributed by atoms with Gasteiger partial charge in [0.05, 0.1) is 17.2 Å². The molecule has 1 aliphatic rings. The van der Waals surface area contributed by atoms with Crippen LogP contribution in [0.15, 0.2) is 48.5 Å². The third-order valence-electron chi connectivity index (χ3n) is 7.74. The Labute approximate surface area is 242 Å². The van der Waals surface area contributed by atoms with E-state index < -0.39 is 5.97 Å². The van der Waals surface area contributed by atoms with E-state index in [2.05, 4.69) is 23.6 Å². The zero-order chi connectivity index (χ0) is 28.6. The molecule has 0 spiro atoms. The first-order chi connectivity index (χ1) is 19.5. The van der Waals surface area contributed by atoms with E-state index in [0.717, 1.165) is 51.1 Å². The number of carbonyl (C=O) groups excluding carboxylic acids is 2. The van der Waals surface area contributed by atoms with Crippen molar-refractivity contribution in [2.75, 3.05) is 37.6 Å². The van der Waals surface area contributed by atoms with Crippen LogP contribution in [0.25, 0.3) is 0 Å². The van der Waals surface area contributed by atoms with Crippen molar-refractivity contribution in [2.24, 2.45) is 0 Å². The van der Waals surface area contributed by atoms with Crippen molar-refractivity contribution < 1.29 is 19.1 Å². The molecule has 0 saturated carbocycles. The minimum atomic E-state index is -0.411. The van der Waals surface area contributed by atoms with Crippen LogP contribution in [-0.4, -0.2) is 55.7 Å². The molecule has 6 heteroatoms. The fourth-order valence-corrected chi connectivity index (χ4v) is 5.15. The van der Waals surface area contributed by atoms with Gasteiger partial charge in [-0.3, -0.25) is 4.90 Å². The molecule has 1 atom stereocenters. The summed E-state index contributed by atoms with van der Waals surface area (Å²) in [6, 6.07) is 14.2. The van der Waals surface area contributed by atoms with Crippen LogP contribution in [0.5, 0.6) is 5.75 Å². The Morgan fingerprint density at radius 2 is 1.25 bits per heavy atom. The lowest BCUT2D eigenvalue weighted by Gasteiger charge is -2.36. The van der Waals surface area contributed by atoms with E-state index in [9.17, 15) is 9.59 Å². The summed E-state index contributed by atoms with van der Waals surface area (Å²) >= 11 is 0. The SMILES string of the molecule is CCCCCCCCN1CCN(c2ccc(C(=O)Oc3ccc(C(=O)O[C@H](C)CCCCCC)cc3)cc2)CC1. The van der Waals surface area contributed by atoms with Crippen molar-refractivity contribution >= 4 is 17.6 Å². The maximum absolute atomic E-state index is 12.7. The summed E-state index contributed by atoms with van der Waals surface area (Å²) in [5, 5.41) is 0. The predicted molar refractivity (Wildman–Crippen MR) is 164 cm³/mol. The molecular weight excluding hydrogens is 500 g/mol. The number of nitrogens with zero attached hydrogens (tertiary/aromatic N) is 2. The van der Waals surface area contributed by atoms with E-state index in [4.69, 9.17) is 9.47 Å². The normalized spacial score (nSPS) is 14.6. The molecule has 0 bridgehead atoms. The monoisotopic (exact) mass is 550 g/mol. The van der Waals surface area contributed by atoms with Gasteiger partial charge in [-0.1, -0.05) is 65.2 Å². The highest BCUT2D eigenvalue weighted by Crippen LogP contribution is 2.20. The molecule has 220 valence electrons. The van der Waals surface area contributed by atoms with E-state index >= 15 is 0 Å². The van der Waals surface area contributed by atoms with Gasteiger partial charge >= 0.3 is 11.9 Å². The van der Waals surface area contributed by atoms with Gasteiger partial charge in [0.2, 0.25) is 0 Å². The molecule has 0 aliphatic carbocycles. The maximum atomic E-state index is 12.7. The molecule has 6 nitrogen and oxygen atoms in total.